The van der Waals surface area contributed by atoms with Crippen molar-refractivity contribution in [1.82, 2.24) is 9.21 Å². The first-order valence-electron chi connectivity index (χ1n) is 11.5. The third kappa shape index (κ3) is 5.06. The van der Waals surface area contributed by atoms with E-state index in [4.69, 9.17) is 16.3 Å². The van der Waals surface area contributed by atoms with Crippen molar-refractivity contribution in [2.45, 2.75) is 57.4 Å². The number of benzene rings is 2. The Kier molecular flexibility index (Phi) is 8.39. The molecule has 5 nitrogen and oxygen atoms in total. The van der Waals surface area contributed by atoms with Crippen LogP contribution in [0.2, 0.25) is 5.02 Å². The number of nitrogens with zero attached hydrogens (tertiary/aromatic N) is 2. The fourth-order valence-corrected chi connectivity index (χ4v) is 7.26. The predicted octanol–water partition coefficient (Wildman–Crippen LogP) is 5.33. The zero-order valence-corrected chi connectivity index (χ0v) is 22.2. The van der Waals surface area contributed by atoms with Gasteiger partial charge in [0.15, 0.2) is 0 Å². The Morgan fingerprint density at radius 1 is 1.12 bits per heavy atom. The van der Waals surface area contributed by atoms with Crippen LogP contribution in [-0.4, -0.2) is 50.9 Å². The van der Waals surface area contributed by atoms with Crippen molar-refractivity contribution in [3.8, 4) is 5.75 Å². The molecule has 4 rings (SSSR count). The summed E-state index contributed by atoms with van der Waals surface area (Å²) in [6, 6.07) is 8.27. The smallest absolute Gasteiger partial charge is 0.243 e. The lowest BCUT2D eigenvalue weighted by molar-refractivity contribution is 0.179. The van der Waals surface area contributed by atoms with E-state index in [1.54, 1.807) is 23.5 Å². The second-order valence-corrected chi connectivity index (χ2v) is 11.2. The van der Waals surface area contributed by atoms with Crippen molar-refractivity contribution in [1.29, 1.82) is 0 Å². The maximum absolute atomic E-state index is 13.3. The quantitative estimate of drug-likeness (QED) is 0.479. The molecular formula is C25H34Cl2N2O3S. The highest BCUT2D eigenvalue weighted by Crippen LogP contribution is 2.43. The summed E-state index contributed by atoms with van der Waals surface area (Å²) in [6.45, 7) is 8.45. The van der Waals surface area contributed by atoms with Gasteiger partial charge in [-0.2, -0.15) is 4.31 Å². The first kappa shape index (κ1) is 26.3. The number of ether oxygens (including phenoxy) is 1. The topological polar surface area (TPSA) is 49.9 Å². The molecule has 1 unspecified atom stereocenters. The summed E-state index contributed by atoms with van der Waals surface area (Å²) in [5, 5.41) is 0.600. The SMILES string of the molecule is CCN(CCCN1CCc2cc(OC)cc3c2C1CC3)S(=O)(=O)c1cc(C)c(Cl)cc1C.Cl. The molecule has 33 heavy (non-hydrogen) atoms. The molecular weight excluding hydrogens is 479 g/mol. The van der Waals surface area contributed by atoms with Crippen molar-refractivity contribution in [3.05, 3.63) is 57.1 Å². The van der Waals surface area contributed by atoms with E-state index in [9.17, 15) is 8.42 Å². The van der Waals surface area contributed by atoms with E-state index in [2.05, 4.69) is 17.0 Å². The van der Waals surface area contributed by atoms with E-state index < -0.39 is 10.0 Å². The van der Waals surface area contributed by atoms with Gasteiger partial charge in [0, 0.05) is 37.2 Å². The summed E-state index contributed by atoms with van der Waals surface area (Å²) in [5.74, 6) is 0.962. The summed E-state index contributed by atoms with van der Waals surface area (Å²) in [7, 11) is -1.81. The fraction of sp³-hybridized carbons (Fsp3) is 0.520. The molecule has 1 aliphatic heterocycles. The molecule has 0 spiro atoms. The number of rotatable bonds is 8. The summed E-state index contributed by atoms with van der Waals surface area (Å²) in [6.07, 6.45) is 4.06. The Hall–Kier alpha value is -1.31. The molecule has 1 heterocycles. The zero-order chi connectivity index (χ0) is 23.0. The van der Waals surface area contributed by atoms with Crippen LogP contribution in [0.5, 0.6) is 5.75 Å². The average molecular weight is 514 g/mol. The van der Waals surface area contributed by atoms with E-state index in [1.165, 1.54) is 16.7 Å². The van der Waals surface area contributed by atoms with Crippen molar-refractivity contribution in [2.24, 2.45) is 0 Å². The van der Waals surface area contributed by atoms with Gasteiger partial charge < -0.3 is 4.74 Å². The second kappa shape index (κ2) is 10.5. The first-order chi connectivity index (χ1) is 15.3. The van der Waals surface area contributed by atoms with Gasteiger partial charge >= 0.3 is 0 Å². The van der Waals surface area contributed by atoms with Crippen LogP contribution in [0.15, 0.2) is 29.2 Å². The normalized spacial score (nSPS) is 17.7. The van der Waals surface area contributed by atoms with Gasteiger partial charge in [0.05, 0.1) is 12.0 Å². The summed E-state index contributed by atoms with van der Waals surface area (Å²) in [5.41, 5.74) is 5.81. The predicted molar refractivity (Wildman–Crippen MR) is 137 cm³/mol. The van der Waals surface area contributed by atoms with Crippen LogP contribution >= 0.6 is 24.0 Å². The molecule has 0 bridgehead atoms. The fourth-order valence-electron chi connectivity index (χ4n) is 5.27. The molecule has 0 fully saturated rings. The highest BCUT2D eigenvalue weighted by molar-refractivity contribution is 7.89. The van der Waals surface area contributed by atoms with Gasteiger partial charge in [-0.15, -0.1) is 12.4 Å². The molecule has 2 aliphatic rings. The number of hydrogen-bond donors (Lipinski definition) is 0. The lowest BCUT2D eigenvalue weighted by Gasteiger charge is -2.35. The minimum absolute atomic E-state index is 0. The Morgan fingerprint density at radius 3 is 2.48 bits per heavy atom. The molecule has 182 valence electrons. The minimum atomic E-state index is -3.55. The van der Waals surface area contributed by atoms with Gasteiger partial charge in [-0.3, -0.25) is 4.90 Å². The lowest BCUT2D eigenvalue weighted by Crippen LogP contribution is -2.38. The van der Waals surface area contributed by atoms with Crippen LogP contribution in [0.3, 0.4) is 0 Å². The van der Waals surface area contributed by atoms with Crippen LogP contribution in [0.4, 0.5) is 0 Å². The van der Waals surface area contributed by atoms with Crippen molar-refractivity contribution >= 4 is 34.0 Å². The van der Waals surface area contributed by atoms with Gasteiger partial charge in [0.2, 0.25) is 10.0 Å². The number of sulfonamides is 1. The molecule has 0 aromatic heterocycles. The maximum atomic E-state index is 13.3. The van der Waals surface area contributed by atoms with E-state index in [-0.39, 0.29) is 12.4 Å². The molecule has 8 heteroatoms. The monoisotopic (exact) mass is 512 g/mol. The Morgan fingerprint density at radius 2 is 1.82 bits per heavy atom. The number of hydrogen-bond acceptors (Lipinski definition) is 4. The van der Waals surface area contributed by atoms with Gasteiger partial charge in [-0.05, 0) is 91.6 Å². The molecule has 1 atom stereocenters. The van der Waals surface area contributed by atoms with Crippen LogP contribution in [-0.2, 0) is 22.9 Å². The van der Waals surface area contributed by atoms with Crippen LogP contribution < -0.4 is 4.74 Å². The second-order valence-electron chi connectivity index (χ2n) is 8.92. The molecule has 0 radical (unpaired) electrons. The van der Waals surface area contributed by atoms with Gasteiger partial charge in [-0.1, -0.05) is 18.5 Å². The Labute approximate surface area is 209 Å². The minimum Gasteiger partial charge on any atom is -0.497 e. The van der Waals surface area contributed by atoms with Crippen molar-refractivity contribution in [2.75, 3.05) is 33.3 Å². The van der Waals surface area contributed by atoms with Crippen LogP contribution in [0.25, 0.3) is 0 Å². The van der Waals surface area contributed by atoms with Gasteiger partial charge in [-0.25, -0.2) is 8.42 Å². The van der Waals surface area contributed by atoms with Gasteiger partial charge in [0.1, 0.15) is 5.75 Å². The molecule has 0 saturated carbocycles. The lowest BCUT2D eigenvalue weighted by atomic mass is 9.93. The van der Waals surface area contributed by atoms with Crippen LogP contribution in [0.1, 0.15) is 53.6 Å². The summed E-state index contributed by atoms with van der Waals surface area (Å²) < 4.78 is 33.8. The van der Waals surface area contributed by atoms with Crippen LogP contribution in [0, 0.1) is 13.8 Å². The first-order valence-corrected chi connectivity index (χ1v) is 13.3. The molecule has 0 amide bonds. The highest BCUT2D eigenvalue weighted by atomic mass is 35.5. The molecule has 0 saturated heterocycles. The summed E-state index contributed by atoms with van der Waals surface area (Å²) >= 11 is 6.18. The van der Waals surface area contributed by atoms with Crippen molar-refractivity contribution in [3.63, 3.8) is 0 Å². The number of methoxy groups -OCH3 is 1. The number of halogens is 2. The Balaban J connectivity index is 0.00000306. The largest absolute Gasteiger partial charge is 0.497 e. The average Bonchev–Trinajstić information content (AvgIpc) is 3.20. The van der Waals surface area contributed by atoms with Crippen molar-refractivity contribution < 1.29 is 13.2 Å². The zero-order valence-electron chi connectivity index (χ0n) is 19.9. The van der Waals surface area contributed by atoms with E-state index >= 15 is 0 Å². The third-order valence-electron chi connectivity index (χ3n) is 6.97. The highest BCUT2D eigenvalue weighted by Gasteiger charge is 2.34. The summed E-state index contributed by atoms with van der Waals surface area (Å²) in [4.78, 5) is 2.91. The molecule has 2 aromatic carbocycles. The molecule has 0 N–H and O–H groups in total. The van der Waals surface area contributed by atoms with E-state index in [0.29, 0.717) is 34.6 Å². The molecule has 2 aromatic rings. The third-order valence-corrected chi connectivity index (χ3v) is 9.49. The van der Waals surface area contributed by atoms with Gasteiger partial charge in [0.25, 0.3) is 0 Å². The standard InChI is InChI=1S/C25H33ClN2O3S.ClH/c1-5-28(32(29,30)24-14-17(2)22(26)13-18(24)3)11-6-10-27-12-9-20-16-21(31-4)15-19-7-8-23(27)25(19)20;/h13-16,23H,5-12H2,1-4H3;1H. The number of aryl methyl sites for hydroxylation is 3. The Bertz CT molecular complexity index is 1120. The van der Waals surface area contributed by atoms with E-state index in [1.807, 2.05) is 20.8 Å². The maximum Gasteiger partial charge on any atom is 0.243 e. The molecule has 1 aliphatic carbocycles. The van der Waals surface area contributed by atoms with E-state index in [0.717, 1.165) is 50.1 Å².